The molecule has 0 aromatic heterocycles. The molecule has 1 saturated carbocycles. The molecule has 0 radical (unpaired) electrons. The summed E-state index contributed by atoms with van der Waals surface area (Å²) < 4.78 is 0. The number of anilines is 1. The van der Waals surface area contributed by atoms with Gasteiger partial charge < -0.3 is 10.4 Å². The molecular formula is C14H15N3O4. The maximum atomic E-state index is 11.1. The Labute approximate surface area is 121 Å². The van der Waals surface area contributed by atoms with Gasteiger partial charge in [0.25, 0.3) is 0 Å². The Balaban J connectivity index is 2.13. The summed E-state index contributed by atoms with van der Waals surface area (Å²) in [5, 5.41) is 32.1. The van der Waals surface area contributed by atoms with E-state index in [-0.39, 0.29) is 23.2 Å². The molecule has 0 bridgehead atoms. The molecule has 0 aliphatic heterocycles. The number of nitriles is 1. The summed E-state index contributed by atoms with van der Waals surface area (Å²) in [6.45, 7) is 0. The average molecular weight is 289 g/mol. The van der Waals surface area contributed by atoms with Crippen molar-refractivity contribution in [3.05, 3.63) is 33.9 Å². The quantitative estimate of drug-likeness (QED) is 0.649. The number of hydrogen-bond acceptors (Lipinski definition) is 5. The second kappa shape index (κ2) is 6.22. The maximum absolute atomic E-state index is 11.1. The number of nitrogens with one attached hydrogen (secondary N) is 1. The molecule has 1 aromatic rings. The van der Waals surface area contributed by atoms with Crippen LogP contribution in [0.15, 0.2) is 18.2 Å². The average Bonchev–Trinajstić information content (AvgIpc) is 2.47. The van der Waals surface area contributed by atoms with Crippen LogP contribution in [0.1, 0.15) is 31.2 Å². The van der Waals surface area contributed by atoms with Gasteiger partial charge in [0.15, 0.2) is 0 Å². The van der Waals surface area contributed by atoms with Crippen molar-refractivity contribution in [3.63, 3.8) is 0 Å². The number of nitro groups is 1. The van der Waals surface area contributed by atoms with Crippen molar-refractivity contribution in [2.24, 2.45) is 5.92 Å². The van der Waals surface area contributed by atoms with Gasteiger partial charge in [0.1, 0.15) is 17.3 Å². The molecule has 0 atom stereocenters. The molecule has 7 nitrogen and oxygen atoms in total. The molecule has 21 heavy (non-hydrogen) atoms. The Bertz CT molecular complexity index is 601. The highest BCUT2D eigenvalue weighted by molar-refractivity contribution is 5.70. The Hall–Kier alpha value is -2.62. The number of nitrogens with zero attached hydrogens (tertiary/aromatic N) is 2. The van der Waals surface area contributed by atoms with E-state index in [1.165, 1.54) is 6.07 Å². The molecule has 2 N–H and O–H groups in total. The molecule has 1 aromatic carbocycles. The van der Waals surface area contributed by atoms with Gasteiger partial charge in [-0.2, -0.15) is 5.26 Å². The zero-order valence-corrected chi connectivity index (χ0v) is 11.3. The van der Waals surface area contributed by atoms with Gasteiger partial charge in [0.2, 0.25) is 0 Å². The van der Waals surface area contributed by atoms with Crippen molar-refractivity contribution in [2.75, 3.05) is 5.32 Å². The molecule has 2 rings (SSSR count). The fraction of sp³-hybridized carbons (Fsp3) is 0.429. The third-order valence-electron chi connectivity index (χ3n) is 3.78. The van der Waals surface area contributed by atoms with Gasteiger partial charge in [0, 0.05) is 6.04 Å². The summed E-state index contributed by atoms with van der Waals surface area (Å²) >= 11 is 0. The van der Waals surface area contributed by atoms with Crippen molar-refractivity contribution in [1.29, 1.82) is 5.26 Å². The Kier molecular flexibility index (Phi) is 4.38. The lowest BCUT2D eigenvalue weighted by Gasteiger charge is -2.27. The summed E-state index contributed by atoms with van der Waals surface area (Å²) in [4.78, 5) is 21.5. The van der Waals surface area contributed by atoms with Gasteiger partial charge in [-0.3, -0.25) is 14.9 Å². The van der Waals surface area contributed by atoms with Crippen molar-refractivity contribution in [3.8, 4) is 6.07 Å². The van der Waals surface area contributed by atoms with Crippen LogP contribution in [0, 0.1) is 27.4 Å². The number of para-hydroxylation sites is 1. The first-order valence-corrected chi connectivity index (χ1v) is 6.69. The first kappa shape index (κ1) is 14.8. The minimum Gasteiger partial charge on any atom is -0.481 e. The van der Waals surface area contributed by atoms with Crippen LogP contribution >= 0.6 is 0 Å². The van der Waals surface area contributed by atoms with E-state index in [0.29, 0.717) is 31.4 Å². The predicted octanol–water partition coefficient (Wildman–Crippen LogP) is 2.52. The van der Waals surface area contributed by atoms with E-state index >= 15 is 0 Å². The third kappa shape index (κ3) is 3.28. The number of nitro benzene ring substituents is 1. The van der Waals surface area contributed by atoms with E-state index in [2.05, 4.69) is 5.32 Å². The Morgan fingerprint density at radius 3 is 2.57 bits per heavy atom. The molecular weight excluding hydrogens is 274 g/mol. The second-order valence-corrected chi connectivity index (χ2v) is 5.10. The van der Waals surface area contributed by atoms with Gasteiger partial charge in [-0.05, 0) is 37.8 Å². The number of benzene rings is 1. The highest BCUT2D eigenvalue weighted by Gasteiger charge is 2.28. The minimum absolute atomic E-state index is 0.00626. The van der Waals surface area contributed by atoms with Crippen LogP contribution in [-0.4, -0.2) is 22.0 Å². The van der Waals surface area contributed by atoms with Crippen LogP contribution in [0.4, 0.5) is 11.4 Å². The van der Waals surface area contributed by atoms with Gasteiger partial charge >= 0.3 is 11.7 Å². The van der Waals surface area contributed by atoms with Crippen LogP contribution < -0.4 is 5.32 Å². The lowest BCUT2D eigenvalue weighted by Crippen LogP contribution is -2.29. The predicted molar refractivity (Wildman–Crippen MR) is 74.8 cm³/mol. The van der Waals surface area contributed by atoms with E-state index in [4.69, 9.17) is 10.4 Å². The molecule has 0 heterocycles. The van der Waals surface area contributed by atoms with Gasteiger partial charge in [-0.15, -0.1) is 0 Å². The number of aliphatic carboxylic acids is 1. The summed E-state index contributed by atoms with van der Waals surface area (Å²) in [7, 11) is 0. The van der Waals surface area contributed by atoms with E-state index in [1.807, 2.05) is 6.07 Å². The maximum Gasteiger partial charge on any atom is 0.309 e. The van der Waals surface area contributed by atoms with Crippen molar-refractivity contribution in [2.45, 2.75) is 31.7 Å². The molecule has 110 valence electrons. The molecule has 1 aliphatic rings. The van der Waals surface area contributed by atoms with Crippen LogP contribution in [0.5, 0.6) is 0 Å². The fourth-order valence-electron chi connectivity index (χ4n) is 2.65. The SMILES string of the molecule is N#Cc1cccc(NC2CCC(C(=O)O)CC2)c1[N+](=O)[O-]. The Morgan fingerprint density at radius 2 is 2.05 bits per heavy atom. The molecule has 1 fully saturated rings. The second-order valence-electron chi connectivity index (χ2n) is 5.10. The van der Waals surface area contributed by atoms with Crippen LogP contribution in [0.3, 0.4) is 0 Å². The monoisotopic (exact) mass is 289 g/mol. The van der Waals surface area contributed by atoms with Crippen molar-refractivity contribution >= 4 is 17.3 Å². The van der Waals surface area contributed by atoms with E-state index in [0.717, 1.165) is 0 Å². The van der Waals surface area contributed by atoms with Crippen LogP contribution in [0.25, 0.3) is 0 Å². The summed E-state index contributed by atoms with van der Waals surface area (Å²) in [5.74, 6) is -1.12. The Morgan fingerprint density at radius 1 is 1.38 bits per heavy atom. The molecule has 0 unspecified atom stereocenters. The summed E-state index contributed by atoms with van der Waals surface area (Å²) in [5.41, 5.74) is 0.113. The molecule has 1 aliphatic carbocycles. The van der Waals surface area contributed by atoms with Crippen LogP contribution in [0.2, 0.25) is 0 Å². The van der Waals surface area contributed by atoms with E-state index in [1.54, 1.807) is 12.1 Å². The number of rotatable bonds is 4. The number of carbonyl (C=O) groups is 1. The zero-order valence-electron chi connectivity index (χ0n) is 11.3. The highest BCUT2D eigenvalue weighted by atomic mass is 16.6. The first-order valence-electron chi connectivity index (χ1n) is 6.69. The largest absolute Gasteiger partial charge is 0.481 e. The first-order chi connectivity index (χ1) is 10.0. The van der Waals surface area contributed by atoms with Crippen molar-refractivity contribution in [1.82, 2.24) is 0 Å². The number of carboxylic acid groups (broad SMARTS) is 1. The normalized spacial score (nSPS) is 21.3. The molecule has 7 heteroatoms. The molecule has 0 spiro atoms. The third-order valence-corrected chi connectivity index (χ3v) is 3.78. The summed E-state index contributed by atoms with van der Waals surface area (Å²) in [6.07, 6.45) is 2.40. The van der Waals surface area contributed by atoms with Gasteiger partial charge in [0.05, 0.1) is 10.8 Å². The highest BCUT2D eigenvalue weighted by Crippen LogP contribution is 2.32. The van der Waals surface area contributed by atoms with Gasteiger partial charge in [-0.25, -0.2) is 0 Å². The van der Waals surface area contributed by atoms with Crippen LogP contribution in [-0.2, 0) is 4.79 Å². The van der Waals surface area contributed by atoms with E-state index < -0.39 is 10.9 Å². The minimum atomic E-state index is -0.786. The molecule has 0 saturated heterocycles. The lowest BCUT2D eigenvalue weighted by atomic mass is 9.86. The van der Waals surface area contributed by atoms with Crippen molar-refractivity contribution < 1.29 is 14.8 Å². The van der Waals surface area contributed by atoms with E-state index in [9.17, 15) is 14.9 Å². The molecule has 0 amide bonds. The number of hydrogen-bond donors (Lipinski definition) is 2. The fourth-order valence-corrected chi connectivity index (χ4v) is 2.65. The summed E-state index contributed by atoms with van der Waals surface area (Å²) in [6, 6.07) is 6.38. The van der Waals surface area contributed by atoms with Gasteiger partial charge in [-0.1, -0.05) is 6.07 Å². The standard InChI is InChI=1S/C14H15N3O4/c15-8-10-2-1-3-12(13(10)17(20)21)16-11-6-4-9(5-7-11)14(18)19/h1-3,9,11,16H,4-7H2,(H,18,19). The number of carboxylic acids is 1. The topological polar surface area (TPSA) is 116 Å². The smallest absolute Gasteiger partial charge is 0.309 e. The zero-order chi connectivity index (χ0) is 15.4. The lowest BCUT2D eigenvalue weighted by molar-refractivity contribution is -0.384.